The van der Waals surface area contributed by atoms with Crippen LogP contribution in [0.2, 0.25) is 0 Å². The predicted octanol–water partition coefficient (Wildman–Crippen LogP) is 6.36. The lowest BCUT2D eigenvalue weighted by molar-refractivity contribution is -0.123. The van der Waals surface area contributed by atoms with E-state index < -0.39 is 15.4 Å². The van der Waals surface area contributed by atoms with Gasteiger partial charge in [0.25, 0.3) is 0 Å². The summed E-state index contributed by atoms with van der Waals surface area (Å²) in [5.41, 5.74) is 4.20. The minimum Gasteiger partial charge on any atom is -0.347 e. The third kappa shape index (κ3) is 6.95. The highest BCUT2D eigenvalue weighted by atomic mass is 32.2. The summed E-state index contributed by atoms with van der Waals surface area (Å²) >= 11 is 1.37. The molecule has 0 saturated carbocycles. The molecule has 0 spiro atoms. The van der Waals surface area contributed by atoms with Crippen LogP contribution in [0.1, 0.15) is 36.6 Å². The van der Waals surface area contributed by atoms with E-state index in [1.165, 1.54) is 21.6 Å². The van der Waals surface area contributed by atoms with Gasteiger partial charge in [0.1, 0.15) is 5.37 Å². The molecule has 2 unspecified atom stereocenters. The van der Waals surface area contributed by atoms with E-state index in [0.717, 1.165) is 23.2 Å². The fourth-order valence-electron chi connectivity index (χ4n) is 5.26. The van der Waals surface area contributed by atoms with Crippen LogP contribution in [0.4, 0.5) is 0 Å². The van der Waals surface area contributed by atoms with Crippen LogP contribution >= 0.6 is 11.8 Å². The fourth-order valence-corrected chi connectivity index (χ4v) is 8.34. The van der Waals surface area contributed by atoms with Crippen LogP contribution in [0.25, 0.3) is 11.1 Å². The SMILES string of the molecule is C[C@@H](c1ccccc1)N(C)CCC(NC(=O)C1SCCN1S(=O)(=O)c1ccc(-c2ccccc2)cc1)c1ccccc1. The summed E-state index contributed by atoms with van der Waals surface area (Å²) in [6.45, 7) is 3.22. The van der Waals surface area contributed by atoms with Crippen LogP contribution in [0.15, 0.2) is 120 Å². The van der Waals surface area contributed by atoms with Gasteiger partial charge in [0.05, 0.1) is 10.9 Å². The second kappa shape index (κ2) is 13.7. The molecule has 0 bridgehead atoms. The van der Waals surface area contributed by atoms with Gasteiger partial charge in [-0.1, -0.05) is 103 Å². The number of sulfonamides is 1. The zero-order chi connectivity index (χ0) is 29.5. The molecule has 6 nitrogen and oxygen atoms in total. The van der Waals surface area contributed by atoms with Gasteiger partial charge < -0.3 is 5.32 Å². The molecule has 0 aliphatic carbocycles. The average Bonchev–Trinajstić information content (AvgIpc) is 3.55. The van der Waals surface area contributed by atoms with Crippen LogP contribution < -0.4 is 5.32 Å². The maximum absolute atomic E-state index is 13.7. The Bertz CT molecular complexity index is 1550. The molecule has 1 fully saturated rings. The van der Waals surface area contributed by atoms with Crippen LogP contribution in [0.5, 0.6) is 0 Å². The lowest BCUT2D eigenvalue weighted by Gasteiger charge is -2.29. The van der Waals surface area contributed by atoms with Gasteiger partial charge in [-0.25, -0.2) is 8.42 Å². The molecule has 4 aromatic carbocycles. The lowest BCUT2D eigenvalue weighted by Crippen LogP contribution is -2.46. The van der Waals surface area contributed by atoms with E-state index in [0.29, 0.717) is 18.7 Å². The molecule has 1 amide bonds. The average molecular weight is 600 g/mol. The number of rotatable bonds is 11. The predicted molar refractivity (Wildman–Crippen MR) is 171 cm³/mol. The maximum atomic E-state index is 13.7. The van der Waals surface area contributed by atoms with Gasteiger partial charge in [-0.3, -0.25) is 9.69 Å². The minimum atomic E-state index is -3.86. The first kappa shape index (κ1) is 30.0. The van der Waals surface area contributed by atoms with Gasteiger partial charge in [0.15, 0.2) is 0 Å². The van der Waals surface area contributed by atoms with Gasteiger partial charge in [-0.15, -0.1) is 11.8 Å². The van der Waals surface area contributed by atoms with Crippen molar-refractivity contribution in [1.29, 1.82) is 0 Å². The molecule has 0 aromatic heterocycles. The highest BCUT2D eigenvalue weighted by Crippen LogP contribution is 2.32. The number of amides is 1. The molecule has 1 heterocycles. The molecule has 1 N–H and O–H groups in total. The van der Waals surface area contributed by atoms with E-state index in [1.54, 1.807) is 12.1 Å². The topological polar surface area (TPSA) is 69.7 Å². The first-order chi connectivity index (χ1) is 20.3. The van der Waals surface area contributed by atoms with Gasteiger partial charge in [0.2, 0.25) is 15.9 Å². The smallest absolute Gasteiger partial charge is 0.249 e. The highest BCUT2D eigenvalue weighted by molar-refractivity contribution is 8.02. The van der Waals surface area contributed by atoms with Crippen molar-refractivity contribution in [2.24, 2.45) is 0 Å². The zero-order valence-electron chi connectivity index (χ0n) is 24.0. The van der Waals surface area contributed by atoms with Crippen molar-refractivity contribution < 1.29 is 13.2 Å². The second-order valence-electron chi connectivity index (χ2n) is 10.6. The summed E-state index contributed by atoms with van der Waals surface area (Å²) in [6, 6.07) is 37.0. The van der Waals surface area contributed by atoms with Crippen molar-refractivity contribution in [3.8, 4) is 11.1 Å². The Hall–Kier alpha value is -3.43. The molecule has 0 radical (unpaired) electrons. The Morgan fingerprint density at radius 3 is 2.02 bits per heavy atom. The largest absolute Gasteiger partial charge is 0.347 e. The van der Waals surface area contributed by atoms with Crippen molar-refractivity contribution in [3.63, 3.8) is 0 Å². The number of hydrogen-bond acceptors (Lipinski definition) is 5. The molecule has 218 valence electrons. The lowest BCUT2D eigenvalue weighted by atomic mass is 10.0. The van der Waals surface area contributed by atoms with E-state index in [-0.39, 0.29) is 22.9 Å². The number of carbonyl (C=O) groups excluding carboxylic acids is 1. The summed E-state index contributed by atoms with van der Waals surface area (Å²) in [5, 5.41) is 2.38. The van der Waals surface area contributed by atoms with Crippen LogP contribution in [-0.2, 0) is 14.8 Å². The van der Waals surface area contributed by atoms with E-state index in [4.69, 9.17) is 0 Å². The summed E-state index contributed by atoms with van der Waals surface area (Å²) in [4.78, 5) is 16.2. The summed E-state index contributed by atoms with van der Waals surface area (Å²) in [7, 11) is -1.77. The number of hydrogen-bond donors (Lipinski definition) is 1. The standard InChI is InChI=1S/C34H37N3O3S2/c1-26(27-12-6-3-7-13-27)36(2)23-22-32(30-16-10-5-11-17-30)35-33(38)34-37(24-25-41-34)42(39,40)31-20-18-29(19-21-31)28-14-8-4-9-15-28/h3-21,26,32,34H,22-25H2,1-2H3,(H,35,38)/t26-,32?,34?/m0/s1. The van der Waals surface area contributed by atoms with E-state index in [9.17, 15) is 13.2 Å². The Kier molecular flexibility index (Phi) is 9.80. The van der Waals surface area contributed by atoms with E-state index in [1.807, 2.05) is 91.0 Å². The Morgan fingerprint density at radius 1 is 0.857 bits per heavy atom. The number of nitrogens with one attached hydrogen (secondary N) is 1. The molecular weight excluding hydrogens is 563 g/mol. The van der Waals surface area contributed by atoms with Crippen molar-refractivity contribution in [3.05, 3.63) is 126 Å². The molecule has 5 rings (SSSR count). The van der Waals surface area contributed by atoms with Crippen LogP contribution in [0, 0.1) is 0 Å². The summed E-state index contributed by atoms with van der Waals surface area (Å²) in [6.07, 6.45) is 0.689. The van der Waals surface area contributed by atoms with Crippen molar-refractivity contribution in [1.82, 2.24) is 14.5 Å². The Morgan fingerprint density at radius 2 is 1.40 bits per heavy atom. The number of benzene rings is 4. The Balaban J connectivity index is 1.29. The molecule has 4 aromatic rings. The van der Waals surface area contributed by atoms with E-state index >= 15 is 0 Å². The van der Waals surface area contributed by atoms with Crippen molar-refractivity contribution in [2.75, 3.05) is 25.9 Å². The first-order valence-corrected chi connectivity index (χ1v) is 16.7. The molecule has 8 heteroatoms. The third-order valence-electron chi connectivity index (χ3n) is 7.87. The molecule has 1 aliphatic rings. The molecule has 42 heavy (non-hydrogen) atoms. The third-order valence-corrected chi connectivity index (χ3v) is 11.1. The second-order valence-corrected chi connectivity index (χ2v) is 13.6. The number of nitrogens with zero attached hydrogens (tertiary/aromatic N) is 2. The molecular formula is C34H37N3O3S2. The first-order valence-electron chi connectivity index (χ1n) is 14.2. The molecule has 3 atom stereocenters. The Labute approximate surface area is 253 Å². The van der Waals surface area contributed by atoms with Crippen LogP contribution in [0.3, 0.4) is 0 Å². The van der Waals surface area contributed by atoms with E-state index in [2.05, 4.69) is 36.3 Å². The van der Waals surface area contributed by atoms with Gasteiger partial charge in [-0.2, -0.15) is 4.31 Å². The number of carbonyl (C=O) groups is 1. The maximum Gasteiger partial charge on any atom is 0.249 e. The monoisotopic (exact) mass is 599 g/mol. The molecule has 1 aliphatic heterocycles. The summed E-state index contributed by atoms with van der Waals surface area (Å²) < 4.78 is 28.8. The zero-order valence-corrected chi connectivity index (χ0v) is 25.6. The highest BCUT2D eigenvalue weighted by Gasteiger charge is 2.40. The van der Waals surface area contributed by atoms with Crippen molar-refractivity contribution in [2.45, 2.75) is 35.7 Å². The quantitative estimate of drug-likeness (QED) is 0.217. The summed E-state index contributed by atoms with van der Waals surface area (Å²) in [5.74, 6) is 0.279. The normalized spacial score (nSPS) is 17.2. The minimum absolute atomic E-state index is 0.193. The number of thioether (sulfide) groups is 1. The van der Waals surface area contributed by atoms with Gasteiger partial charge >= 0.3 is 0 Å². The molecule has 1 saturated heterocycles. The van der Waals surface area contributed by atoms with Crippen molar-refractivity contribution >= 4 is 27.7 Å². The van der Waals surface area contributed by atoms with Gasteiger partial charge in [-0.05, 0) is 54.8 Å². The van der Waals surface area contributed by atoms with Gasteiger partial charge in [0, 0.05) is 24.9 Å². The van der Waals surface area contributed by atoms with Crippen LogP contribution in [-0.4, -0.2) is 54.8 Å². The fraction of sp³-hybridized carbons (Fsp3) is 0.265.